The summed E-state index contributed by atoms with van der Waals surface area (Å²) in [6, 6.07) is 0. The highest BCUT2D eigenvalue weighted by Crippen LogP contribution is 2.18. The van der Waals surface area contributed by atoms with Gasteiger partial charge in [0.05, 0.1) is 0 Å². The third-order valence-corrected chi connectivity index (χ3v) is 15.4. The maximum atomic E-state index is 12.9. The molecular weight excluding hydrogens is 937 g/mol. The van der Waals surface area contributed by atoms with Gasteiger partial charge in [-0.25, -0.2) is 0 Å². The molecule has 0 aliphatic rings. The van der Waals surface area contributed by atoms with Crippen LogP contribution in [0.4, 0.5) is 0 Å². The summed E-state index contributed by atoms with van der Waals surface area (Å²) in [6.45, 7) is 6.69. The summed E-state index contributed by atoms with van der Waals surface area (Å²) in [5.74, 6) is -0.854. The Morgan fingerprint density at radius 1 is 0.263 bits per heavy atom. The number of ether oxygens (including phenoxy) is 3. The minimum absolute atomic E-state index is 0.0706. The Kier molecular flexibility index (Phi) is 63.1. The standard InChI is InChI=1S/C70H130O6/c1-4-7-10-13-16-19-22-25-28-31-33-35-37-39-42-45-48-51-54-57-60-63-69(72)75-66-67(65-74-68(71)62-59-56-53-50-47-44-41-30-27-24-21-18-15-12-9-6-3)76-70(73)64-61-58-55-52-49-46-43-40-38-36-34-32-29-26-23-20-17-14-11-8-5-2/h22,25,31,33,37,39,67H,4-21,23-24,26-30,32,34-36,38,40-66H2,1-3H3/b25-22-,33-31-,39-37-. The molecule has 0 heterocycles. The van der Waals surface area contributed by atoms with Gasteiger partial charge in [0, 0.05) is 19.3 Å². The van der Waals surface area contributed by atoms with E-state index in [1.807, 2.05) is 0 Å². The van der Waals surface area contributed by atoms with E-state index >= 15 is 0 Å². The molecule has 1 unspecified atom stereocenters. The molecule has 0 fully saturated rings. The van der Waals surface area contributed by atoms with Gasteiger partial charge < -0.3 is 14.2 Å². The Morgan fingerprint density at radius 3 is 0.737 bits per heavy atom. The van der Waals surface area contributed by atoms with Crippen molar-refractivity contribution in [3.8, 4) is 0 Å². The van der Waals surface area contributed by atoms with Crippen molar-refractivity contribution in [3.63, 3.8) is 0 Å². The summed E-state index contributed by atoms with van der Waals surface area (Å²) in [5, 5.41) is 0. The van der Waals surface area contributed by atoms with E-state index in [1.54, 1.807) is 0 Å². The average molecular weight is 1070 g/mol. The normalized spacial score (nSPS) is 12.2. The van der Waals surface area contributed by atoms with Crippen LogP contribution in [-0.2, 0) is 28.6 Å². The fraction of sp³-hybridized carbons (Fsp3) is 0.871. The summed E-state index contributed by atoms with van der Waals surface area (Å²) < 4.78 is 17.0. The average Bonchev–Trinajstić information content (AvgIpc) is 3.42. The van der Waals surface area contributed by atoms with Gasteiger partial charge in [0.15, 0.2) is 6.10 Å². The number of carbonyl (C=O) groups is 3. The second-order valence-corrected chi connectivity index (χ2v) is 23.1. The summed E-state index contributed by atoms with van der Waals surface area (Å²) in [7, 11) is 0. The third-order valence-electron chi connectivity index (χ3n) is 15.4. The van der Waals surface area contributed by atoms with Crippen LogP contribution in [0.1, 0.15) is 374 Å². The molecule has 0 saturated carbocycles. The van der Waals surface area contributed by atoms with Crippen molar-refractivity contribution in [1.82, 2.24) is 0 Å². The van der Waals surface area contributed by atoms with Gasteiger partial charge in [0.2, 0.25) is 0 Å². The van der Waals surface area contributed by atoms with Crippen molar-refractivity contribution in [2.24, 2.45) is 0 Å². The van der Waals surface area contributed by atoms with E-state index in [-0.39, 0.29) is 31.1 Å². The van der Waals surface area contributed by atoms with Crippen LogP contribution in [0.25, 0.3) is 0 Å². The van der Waals surface area contributed by atoms with Crippen LogP contribution >= 0.6 is 0 Å². The van der Waals surface area contributed by atoms with Crippen molar-refractivity contribution in [3.05, 3.63) is 36.5 Å². The first-order valence-corrected chi connectivity index (χ1v) is 34.0. The second-order valence-electron chi connectivity index (χ2n) is 23.1. The SMILES string of the molecule is CCCCCCC/C=C\C/C=C\C/C=C\CCCCCCCCC(=O)OCC(COC(=O)CCCCCCCCCCCCCCCCCC)OC(=O)CCCCCCCCCCCCCCCCCCCCCCC. The van der Waals surface area contributed by atoms with Gasteiger partial charge in [-0.15, -0.1) is 0 Å². The molecule has 76 heavy (non-hydrogen) atoms. The summed E-state index contributed by atoms with van der Waals surface area (Å²) in [5.41, 5.74) is 0. The third kappa shape index (κ3) is 62.5. The number of hydrogen-bond acceptors (Lipinski definition) is 6. The van der Waals surface area contributed by atoms with Gasteiger partial charge in [-0.3, -0.25) is 14.4 Å². The van der Waals surface area contributed by atoms with E-state index in [0.29, 0.717) is 19.3 Å². The molecule has 0 aromatic rings. The zero-order chi connectivity index (χ0) is 55.0. The predicted octanol–water partition coefficient (Wildman–Crippen LogP) is 23.2. The van der Waals surface area contributed by atoms with Gasteiger partial charge in [0.1, 0.15) is 13.2 Å². The van der Waals surface area contributed by atoms with Gasteiger partial charge >= 0.3 is 17.9 Å². The lowest BCUT2D eigenvalue weighted by Gasteiger charge is -2.18. The minimum atomic E-state index is -0.775. The summed E-state index contributed by atoms with van der Waals surface area (Å²) in [4.78, 5) is 38.4. The van der Waals surface area contributed by atoms with Crippen LogP contribution in [0.3, 0.4) is 0 Å². The fourth-order valence-corrected chi connectivity index (χ4v) is 10.3. The Labute approximate surface area is 474 Å². The maximum absolute atomic E-state index is 12.9. The van der Waals surface area contributed by atoms with Crippen molar-refractivity contribution in [1.29, 1.82) is 0 Å². The maximum Gasteiger partial charge on any atom is 0.306 e. The zero-order valence-corrected chi connectivity index (χ0v) is 51.3. The Morgan fingerprint density at radius 2 is 0.474 bits per heavy atom. The van der Waals surface area contributed by atoms with Crippen LogP contribution in [0.2, 0.25) is 0 Å². The topological polar surface area (TPSA) is 78.9 Å². The number of rotatable bonds is 63. The molecule has 0 aliphatic carbocycles. The quantitative estimate of drug-likeness (QED) is 0.0261. The lowest BCUT2D eigenvalue weighted by molar-refractivity contribution is -0.167. The molecular formula is C70H130O6. The van der Waals surface area contributed by atoms with Crippen LogP contribution in [0, 0.1) is 0 Å². The first-order valence-electron chi connectivity index (χ1n) is 34.0. The van der Waals surface area contributed by atoms with Crippen molar-refractivity contribution >= 4 is 17.9 Å². The van der Waals surface area contributed by atoms with E-state index in [9.17, 15) is 14.4 Å². The van der Waals surface area contributed by atoms with Crippen LogP contribution in [0.15, 0.2) is 36.5 Å². The predicted molar refractivity (Wildman–Crippen MR) is 330 cm³/mol. The number of unbranched alkanes of at least 4 members (excludes halogenated alkanes) is 46. The molecule has 0 aromatic carbocycles. The first-order chi connectivity index (χ1) is 37.5. The van der Waals surface area contributed by atoms with E-state index in [0.717, 1.165) is 77.0 Å². The van der Waals surface area contributed by atoms with Crippen LogP contribution < -0.4 is 0 Å². The summed E-state index contributed by atoms with van der Waals surface area (Å²) in [6.07, 6.45) is 80.1. The molecule has 0 saturated heterocycles. The molecule has 6 heteroatoms. The number of allylic oxidation sites excluding steroid dienone is 6. The molecule has 0 radical (unpaired) electrons. The monoisotopic (exact) mass is 1070 g/mol. The highest BCUT2D eigenvalue weighted by atomic mass is 16.6. The Hall–Kier alpha value is -2.37. The van der Waals surface area contributed by atoms with Crippen molar-refractivity contribution in [2.45, 2.75) is 380 Å². The highest BCUT2D eigenvalue weighted by Gasteiger charge is 2.19. The van der Waals surface area contributed by atoms with Gasteiger partial charge in [0.25, 0.3) is 0 Å². The molecule has 0 rings (SSSR count). The zero-order valence-electron chi connectivity index (χ0n) is 51.3. The lowest BCUT2D eigenvalue weighted by atomic mass is 10.0. The van der Waals surface area contributed by atoms with Gasteiger partial charge in [-0.1, -0.05) is 333 Å². The van der Waals surface area contributed by atoms with E-state index in [2.05, 4.69) is 57.2 Å². The Balaban J connectivity index is 4.33. The number of esters is 3. The van der Waals surface area contributed by atoms with E-state index in [1.165, 1.54) is 257 Å². The number of hydrogen-bond donors (Lipinski definition) is 0. The number of carbonyl (C=O) groups excluding carboxylic acids is 3. The van der Waals surface area contributed by atoms with E-state index < -0.39 is 6.10 Å². The molecule has 0 N–H and O–H groups in total. The molecule has 0 aliphatic heterocycles. The Bertz CT molecular complexity index is 1270. The highest BCUT2D eigenvalue weighted by molar-refractivity contribution is 5.71. The first kappa shape index (κ1) is 73.6. The molecule has 6 nitrogen and oxygen atoms in total. The van der Waals surface area contributed by atoms with E-state index in [4.69, 9.17) is 14.2 Å². The molecule has 446 valence electrons. The smallest absolute Gasteiger partial charge is 0.306 e. The molecule has 1 atom stereocenters. The lowest BCUT2D eigenvalue weighted by Crippen LogP contribution is -2.30. The van der Waals surface area contributed by atoms with Gasteiger partial charge in [-0.05, 0) is 57.8 Å². The molecule has 0 bridgehead atoms. The van der Waals surface area contributed by atoms with Crippen molar-refractivity contribution in [2.75, 3.05) is 13.2 Å². The second kappa shape index (κ2) is 65.2. The largest absolute Gasteiger partial charge is 0.462 e. The molecule has 0 aromatic heterocycles. The van der Waals surface area contributed by atoms with Crippen molar-refractivity contribution < 1.29 is 28.6 Å². The van der Waals surface area contributed by atoms with Crippen LogP contribution in [0.5, 0.6) is 0 Å². The van der Waals surface area contributed by atoms with Crippen LogP contribution in [-0.4, -0.2) is 37.2 Å². The molecule has 0 spiro atoms. The summed E-state index contributed by atoms with van der Waals surface area (Å²) >= 11 is 0. The minimum Gasteiger partial charge on any atom is -0.462 e. The molecule has 0 amide bonds. The fourth-order valence-electron chi connectivity index (χ4n) is 10.3. The van der Waals surface area contributed by atoms with Gasteiger partial charge in [-0.2, -0.15) is 0 Å².